The van der Waals surface area contributed by atoms with Crippen molar-refractivity contribution in [1.82, 2.24) is 10.2 Å². The van der Waals surface area contributed by atoms with Crippen LogP contribution in [0.1, 0.15) is 43.2 Å². The summed E-state index contributed by atoms with van der Waals surface area (Å²) in [5, 5.41) is 21.9. The third kappa shape index (κ3) is 4.43. The van der Waals surface area contributed by atoms with E-state index in [1.54, 1.807) is 6.92 Å². The van der Waals surface area contributed by atoms with E-state index >= 15 is 0 Å². The highest BCUT2D eigenvalue weighted by Gasteiger charge is 2.41. The molecular weight excluding hydrogens is 424 g/mol. The summed E-state index contributed by atoms with van der Waals surface area (Å²) in [5.74, 6) is -1.66. The van der Waals surface area contributed by atoms with Crippen molar-refractivity contribution in [3.63, 3.8) is 0 Å². The van der Waals surface area contributed by atoms with Gasteiger partial charge in [-0.05, 0) is 28.7 Å². The number of amides is 2. The fourth-order valence-electron chi connectivity index (χ4n) is 4.65. The van der Waals surface area contributed by atoms with E-state index in [0.717, 1.165) is 22.3 Å². The summed E-state index contributed by atoms with van der Waals surface area (Å²) < 4.78 is 5.54. The maximum atomic E-state index is 12.9. The van der Waals surface area contributed by atoms with Crippen molar-refractivity contribution in [3.05, 3.63) is 59.7 Å². The van der Waals surface area contributed by atoms with Gasteiger partial charge in [-0.1, -0.05) is 55.5 Å². The van der Waals surface area contributed by atoms with E-state index in [2.05, 4.69) is 17.4 Å². The number of fused-ring (bicyclic) bond motifs is 3. The largest absolute Gasteiger partial charge is 0.479 e. The molecule has 1 aliphatic carbocycles. The van der Waals surface area contributed by atoms with Crippen LogP contribution in [0.15, 0.2) is 48.5 Å². The Hall–Kier alpha value is -3.39. The molecule has 3 N–H and O–H groups in total. The summed E-state index contributed by atoms with van der Waals surface area (Å²) in [6.45, 7) is 2.17. The molecule has 1 heterocycles. The smallest absolute Gasteiger partial charge is 0.407 e. The fourth-order valence-corrected chi connectivity index (χ4v) is 4.65. The van der Waals surface area contributed by atoms with Crippen LogP contribution in [0.25, 0.3) is 11.1 Å². The van der Waals surface area contributed by atoms with Crippen molar-refractivity contribution in [2.75, 3.05) is 19.7 Å². The van der Waals surface area contributed by atoms with E-state index in [4.69, 9.17) is 9.84 Å². The van der Waals surface area contributed by atoms with Crippen molar-refractivity contribution < 1.29 is 29.3 Å². The molecule has 1 saturated heterocycles. The Labute approximate surface area is 192 Å². The molecule has 0 unspecified atom stereocenters. The lowest BCUT2D eigenvalue weighted by molar-refractivity contribution is -0.165. The van der Waals surface area contributed by atoms with Crippen LogP contribution in [0.2, 0.25) is 0 Å². The molecule has 2 amide bonds. The third-order valence-electron chi connectivity index (χ3n) is 6.64. The molecule has 174 valence electrons. The number of benzene rings is 2. The molecular formula is C25H28N2O6. The molecule has 0 aromatic heterocycles. The van der Waals surface area contributed by atoms with Gasteiger partial charge in [0.1, 0.15) is 12.6 Å². The lowest BCUT2D eigenvalue weighted by atomic mass is 9.91. The number of carbonyl (C=O) groups excluding carboxylic acids is 2. The van der Waals surface area contributed by atoms with E-state index in [9.17, 15) is 19.5 Å². The molecule has 2 aliphatic rings. The second kappa shape index (κ2) is 9.23. The van der Waals surface area contributed by atoms with E-state index < -0.39 is 23.7 Å². The monoisotopic (exact) mass is 452 g/mol. The molecule has 1 atom stereocenters. The number of piperidine rings is 1. The van der Waals surface area contributed by atoms with Gasteiger partial charge < -0.3 is 25.2 Å². The Morgan fingerprint density at radius 2 is 1.61 bits per heavy atom. The number of carbonyl (C=O) groups is 3. The van der Waals surface area contributed by atoms with Gasteiger partial charge in [-0.25, -0.2) is 9.59 Å². The Balaban J connectivity index is 1.36. The molecule has 0 saturated carbocycles. The number of rotatable bonds is 6. The van der Waals surface area contributed by atoms with Crippen LogP contribution < -0.4 is 5.32 Å². The summed E-state index contributed by atoms with van der Waals surface area (Å²) in [6.07, 6.45) is -0.399. The number of aliphatic hydroxyl groups is 1. The normalized spacial score (nSPS) is 17.6. The molecule has 1 fully saturated rings. The maximum absolute atomic E-state index is 12.9. The van der Waals surface area contributed by atoms with Crippen molar-refractivity contribution >= 4 is 18.0 Å². The van der Waals surface area contributed by atoms with Gasteiger partial charge >= 0.3 is 12.1 Å². The quantitative estimate of drug-likeness (QED) is 0.621. The van der Waals surface area contributed by atoms with Gasteiger partial charge in [0.05, 0.1) is 0 Å². The molecule has 1 aliphatic heterocycles. The number of likely N-dealkylation sites (tertiary alicyclic amines) is 1. The summed E-state index contributed by atoms with van der Waals surface area (Å²) in [7, 11) is 0. The van der Waals surface area contributed by atoms with Gasteiger partial charge in [0.25, 0.3) is 0 Å². The van der Waals surface area contributed by atoms with Gasteiger partial charge in [0.15, 0.2) is 5.60 Å². The highest BCUT2D eigenvalue weighted by molar-refractivity contribution is 5.86. The summed E-state index contributed by atoms with van der Waals surface area (Å²) in [6, 6.07) is 15.3. The van der Waals surface area contributed by atoms with Gasteiger partial charge in [0.2, 0.25) is 5.91 Å². The zero-order valence-corrected chi connectivity index (χ0v) is 18.5. The Bertz CT molecular complexity index is 1010. The molecule has 0 radical (unpaired) electrons. The summed E-state index contributed by atoms with van der Waals surface area (Å²) in [5.41, 5.74) is 2.67. The molecule has 0 spiro atoms. The van der Waals surface area contributed by atoms with Crippen LogP contribution in [-0.4, -0.2) is 64.4 Å². The van der Waals surface area contributed by atoms with Crippen LogP contribution in [-0.2, 0) is 14.3 Å². The van der Waals surface area contributed by atoms with Crippen LogP contribution in [0.3, 0.4) is 0 Å². The predicted octanol–water partition coefficient (Wildman–Crippen LogP) is 2.74. The number of hydrogen-bond acceptors (Lipinski definition) is 5. The minimum atomic E-state index is -1.81. The Morgan fingerprint density at radius 3 is 2.12 bits per heavy atom. The second-order valence-electron chi connectivity index (χ2n) is 8.59. The van der Waals surface area contributed by atoms with Crippen LogP contribution >= 0.6 is 0 Å². The van der Waals surface area contributed by atoms with Crippen molar-refractivity contribution in [1.29, 1.82) is 0 Å². The molecule has 8 nitrogen and oxygen atoms in total. The van der Waals surface area contributed by atoms with Gasteiger partial charge in [-0.15, -0.1) is 0 Å². The number of nitrogens with zero attached hydrogens (tertiary/aromatic N) is 1. The molecule has 33 heavy (non-hydrogen) atoms. The third-order valence-corrected chi connectivity index (χ3v) is 6.64. The van der Waals surface area contributed by atoms with Crippen LogP contribution in [0, 0.1) is 0 Å². The molecule has 2 aromatic rings. The first kappa shape index (κ1) is 22.8. The highest BCUT2D eigenvalue weighted by Crippen LogP contribution is 2.44. The summed E-state index contributed by atoms with van der Waals surface area (Å²) in [4.78, 5) is 38.1. The first-order valence-corrected chi connectivity index (χ1v) is 11.2. The van der Waals surface area contributed by atoms with Gasteiger partial charge in [-0.2, -0.15) is 0 Å². The lowest BCUT2D eigenvalue weighted by Gasteiger charge is -2.36. The maximum Gasteiger partial charge on any atom is 0.407 e. The molecule has 2 aromatic carbocycles. The first-order chi connectivity index (χ1) is 15.8. The Morgan fingerprint density at radius 1 is 1.06 bits per heavy atom. The van der Waals surface area contributed by atoms with Crippen molar-refractivity contribution in [2.24, 2.45) is 0 Å². The first-order valence-electron chi connectivity index (χ1n) is 11.2. The zero-order chi connectivity index (χ0) is 23.6. The van der Waals surface area contributed by atoms with Crippen molar-refractivity contribution in [3.8, 4) is 11.1 Å². The molecule has 0 bridgehead atoms. The zero-order valence-electron chi connectivity index (χ0n) is 18.5. The number of carboxylic acids is 1. The number of aliphatic carboxylic acids is 1. The van der Waals surface area contributed by atoms with Crippen LogP contribution in [0.5, 0.6) is 0 Å². The van der Waals surface area contributed by atoms with E-state index in [1.807, 2.05) is 36.4 Å². The number of carboxylic acid groups (broad SMARTS) is 1. The van der Waals surface area contributed by atoms with E-state index in [0.29, 0.717) is 6.42 Å². The Kier molecular flexibility index (Phi) is 6.37. The van der Waals surface area contributed by atoms with Gasteiger partial charge in [-0.3, -0.25) is 4.79 Å². The number of alkyl carbamates (subject to hydrolysis) is 1. The average molecular weight is 453 g/mol. The second-order valence-corrected chi connectivity index (χ2v) is 8.59. The van der Waals surface area contributed by atoms with E-state index in [1.165, 1.54) is 4.90 Å². The minimum absolute atomic E-state index is 0.0462. The molecule has 4 rings (SSSR count). The highest BCUT2D eigenvalue weighted by atomic mass is 16.5. The van der Waals surface area contributed by atoms with Crippen LogP contribution in [0.4, 0.5) is 4.79 Å². The standard InChI is InChI=1S/C25H28N2O6/c1-2-21(22(28)27-13-11-25(32,12-14-27)23(29)30)26-24(31)33-15-20-18-9-5-3-7-16(18)17-8-4-6-10-19(17)20/h3-10,20-21,32H,2,11-15H2,1H3,(H,26,31)(H,29,30)/t21-/m1/s1. The van der Waals surface area contributed by atoms with Gasteiger partial charge in [0, 0.05) is 31.8 Å². The topological polar surface area (TPSA) is 116 Å². The number of ether oxygens (including phenoxy) is 1. The number of hydrogen-bond donors (Lipinski definition) is 3. The minimum Gasteiger partial charge on any atom is -0.479 e. The fraction of sp³-hybridized carbons (Fsp3) is 0.400. The van der Waals surface area contributed by atoms with Crippen molar-refractivity contribution in [2.45, 2.75) is 43.7 Å². The SMILES string of the molecule is CC[C@@H](NC(=O)OCC1c2ccccc2-c2ccccc21)C(=O)N1CCC(O)(C(=O)O)CC1. The average Bonchev–Trinajstić information content (AvgIpc) is 3.15. The summed E-state index contributed by atoms with van der Waals surface area (Å²) >= 11 is 0. The lowest BCUT2D eigenvalue weighted by Crippen LogP contribution is -2.55. The molecule has 8 heteroatoms. The number of nitrogens with one attached hydrogen (secondary N) is 1. The predicted molar refractivity (Wildman–Crippen MR) is 121 cm³/mol. The van der Waals surface area contributed by atoms with E-state index in [-0.39, 0.29) is 44.4 Å².